The van der Waals surface area contributed by atoms with Crippen LogP contribution in [-0.2, 0) is 27.4 Å². The molecule has 9 nitrogen and oxygen atoms in total. The van der Waals surface area contributed by atoms with Crippen LogP contribution in [0.25, 0.3) is 0 Å². The fourth-order valence-electron chi connectivity index (χ4n) is 3.99. The highest BCUT2D eigenvalue weighted by Gasteiger charge is 2.52. The zero-order valence-electron chi connectivity index (χ0n) is 17.4. The van der Waals surface area contributed by atoms with Crippen LogP contribution in [0.5, 0.6) is 0 Å². The second kappa shape index (κ2) is 9.09. The molecule has 5 amide bonds. The maximum Gasteiger partial charge on any atom is 0.408 e. The van der Waals surface area contributed by atoms with Gasteiger partial charge in [-0.3, -0.25) is 14.9 Å². The van der Waals surface area contributed by atoms with Crippen LogP contribution in [0.15, 0.2) is 60.7 Å². The number of hydrogen-bond acceptors (Lipinski definition) is 5. The number of alkyl carbamates (subject to hydrolysis) is 1. The third-order valence-electron chi connectivity index (χ3n) is 5.68. The van der Waals surface area contributed by atoms with Crippen LogP contribution in [-0.4, -0.2) is 53.5 Å². The SMILES string of the molecule is O=C1NC(=O)[C@]2(CCN(C(=O)[C@H](Cc3ccccc3)NC(=O)OCc3ccccc3)C2)N1. The fourth-order valence-corrected chi connectivity index (χ4v) is 3.99. The number of carbonyl (C=O) groups excluding carboxylic acids is 4. The minimum absolute atomic E-state index is 0.0510. The molecule has 1 spiro atoms. The summed E-state index contributed by atoms with van der Waals surface area (Å²) >= 11 is 0. The lowest BCUT2D eigenvalue weighted by Gasteiger charge is -2.26. The van der Waals surface area contributed by atoms with Crippen molar-refractivity contribution >= 4 is 23.9 Å². The standard InChI is InChI=1S/C23H24N4O5/c28-19(27-12-11-23(15-27)20(29)25-21(30)26-23)18(13-16-7-3-1-4-8-16)24-22(31)32-14-17-9-5-2-6-10-17/h1-10,18H,11-15H2,(H,24,31)(H2,25,26,29,30)/t18-,23+/m0/s1. The normalized spacial score (nSPS) is 20.6. The first-order chi connectivity index (χ1) is 15.4. The Kier molecular flexibility index (Phi) is 6.07. The molecule has 166 valence electrons. The monoisotopic (exact) mass is 436 g/mol. The Morgan fingerprint density at radius 2 is 1.69 bits per heavy atom. The van der Waals surface area contributed by atoms with Crippen molar-refractivity contribution in [2.45, 2.75) is 31.0 Å². The number of ether oxygens (including phenoxy) is 1. The number of benzene rings is 2. The average Bonchev–Trinajstić information content (AvgIpc) is 3.35. The number of likely N-dealkylation sites (tertiary alicyclic amines) is 1. The van der Waals surface area contributed by atoms with E-state index in [0.717, 1.165) is 11.1 Å². The van der Waals surface area contributed by atoms with E-state index in [1.807, 2.05) is 60.7 Å². The number of amides is 5. The highest BCUT2D eigenvalue weighted by atomic mass is 16.5. The number of hydrogen-bond donors (Lipinski definition) is 3. The Bertz CT molecular complexity index is 1010. The van der Waals surface area contributed by atoms with Gasteiger partial charge in [0.2, 0.25) is 5.91 Å². The third-order valence-corrected chi connectivity index (χ3v) is 5.68. The number of carbonyl (C=O) groups is 4. The summed E-state index contributed by atoms with van der Waals surface area (Å²) in [7, 11) is 0. The van der Waals surface area contributed by atoms with Crippen LogP contribution in [0.3, 0.4) is 0 Å². The van der Waals surface area contributed by atoms with Crippen LogP contribution in [0.2, 0.25) is 0 Å². The van der Waals surface area contributed by atoms with Gasteiger partial charge in [-0.05, 0) is 17.5 Å². The van der Waals surface area contributed by atoms with Crippen LogP contribution >= 0.6 is 0 Å². The Morgan fingerprint density at radius 3 is 2.31 bits per heavy atom. The molecule has 0 bridgehead atoms. The molecule has 0 unspecified atom stereocenters. The first-order valence-electron chi connectivity index (χ1n) is 10.4. The Morgan fingerprint density at radius 1 is 1.03 bits per heavy atom. The average molecular weight is 436 g/mol. The highest BCUT2D eigenvalue weighted by molar-refractivity contribution is 6.07. The van der Waals surface area contributed by atoms with E-state index in [0.29, 0.717) is 13.0 Å². The second-order valence-corrected chi connectivity index (χ2v) is 7.95. The van der Waals surface area contributed by atoms with Crippen molar-refractivity contribution in [1.29, 1.82) is 0 Å². The Balaban J connectivity index is 1.44. The van der Waals surface area contributed by atoms with Gasteiger partial charge in [0.25, 0.3) is 5.91 Å². The second-order valence-electron chi connectivity index (χ2n) is 7.95. The molecule has 0 saturated carbocycles. The van der Waals surface area contributed by atoms with Gasteiger partial charge in [-0.25, -0.2) is 9.59 Å². The molecule has 2 aromatic rings. The summed E-state index contributed by atoms with van der Waals surface area (Å²) in [6.45, 7) is 0.423. The van der Waals surface area contributed by atoms with E-state index in [2.05, 4.69) is 16.0 Å². The minimum atomic E-state index is -1.11. The first kappa shape index (κ1) is 21.4. The predicted molar refractivity (Wildman–Crippen MR) is 114 cm³/mol. The molecule has 2 aliphatic heterocycles. The van der Waals surface area contributed by atoms with Gasteiger partial charge in [0, 0.05) is 13.0 Å². The molecule has 2 fully saturated rings. The van der Waals surface area contributed by atoms with Crippen LogP contribution in [0.4, 0.5) is 9.59 Å². The Labute approximate surface area is 185 Å². The van der Waals surface area contributed by atoms with Crippen molar-refractivity contribution in [1.82, 2.24) is 20.9 Å². The molecule has 9 heteroatoms. The lowest BCUT2D eigenvalue weighted by Crippen LogP contribution is -2.53. The molecule has 32 heavy (non-hydrogen) atoms. The van der Waals surface area contributed by atoms with Crippen molar-refractivity contribution in [2.75, 3.05) is 13.1 Å². The number of urea groups is 1. The van der Waals surface area contributed by atoms with Gasteiger partial charge in [-0.1, -0.05) is 60.7 Å². The number of rotatable bonds is 6. The summed E-state index contributed by atoms with van der Waals surface area (Å²) in [5.74, 6) is -0.774. The third kappa shape index (κ3) is 4.72. The molecule has 0 aliphatic carbocycles. The smallest absolute Gasteiger partial charge is 0.408 e. The van der Waals surface area contributed by atoms with Crippen LogP contribution in [0.1, 0.15) is 17.5 Å². The molecule has 4 rings (SSSR count). The topological polar surface area (TPSA) is 117 Å². The van der Waals surface area contributed by atoms with Crippen molar-refractivity contribution in [3.05, 3.63) is 71.8 Å². The van der Waals surface area contributed by atoms with Gasteiger partial charge in [-0.15, -0.1) is 0 Å². The molecule has 0 aromatic heterocycles. The molecule has 2 atom stereocenters. The summed E-state index contributed by atoms with van der Waals surface area (Å²) in [5, 5.41) is 7.52. The summed E-state index contributed by atoms with van der Waals surface area (Å²) in [6, 6.07) is 17.1. The van der Waals surface area contributed by atoms with E-state index < -0.39 is 29.6 Å². The molecule has 3 N–H and O–H groups in total. The Hall–Kier alpha value is -3.88. The molecule has 2 saturated heterocycles. The predicted octanol–water partition coefficient (Wildman–Crippen LogP) is 1.33. The summed E-state index contributed by atoms with van der Waals surface area (Å²) in [5.41, 5.74) is 0.589. The van der Waals surface area contributed by atoms with E-state index in [-0.39, 0.29) is 25.5 Å². The van der Waals surface area contributed by atoms with Gasteiger partial charge in [0.1, 0.15) is 18.2 Å². The lowest BCUT2D eigenvalue weighted by atomic mass is 9.99. The van der Waals surface area contributed by atoms with Crippen LogP contribution in [0, 0.1) is 0 Å². The molecular weight excluding hydrogens is 412 g/mol. The van der Waals surface area contributed by atoms with E-state index in [1.54, 1.807) is 0 Å². The van der Waals surface area contributed by atoms with Crippen molar-refractivity contribution in [2.24, 2.45) is 0 Å². The van der Waals surface area contributed by atoms with Crippen molar-refractivity contribution in [3.8, 4) is 0 Å². The van der Waals surface area contributed by atoms with Crippen LogP contribution < -0.4 is 16.0 Å². The molecule has 2 aliphatic rings. The lowest BCUT2D eigenvalue weighted by molar-refractivity contribution is -0.132. The summed E-state index contributed by atoms with van der Waals surface area (Å²) in [6.07, 6.45) is -0.126. The maximum absolute atomic E-state index is 13.3. The van der Waals surface area contributed by atoms with E-state index in [4.69, 9.17) is 4.74 Å². The fraction of sp³-hybridized carbons (Fsp3) is 0.304. The van der Waals surface area contributed by atoms with E-state index in [9.17, 15) is 19.2 Å². The zero-order valence-corrected chi connectivity index (χ0v) is 17.4. The highest BCUT2D eigenvalue weighted by Crippen LogP contribution is 2.25. The quantitative estimate of drug-likeness (QED) is 0.591. The minimum Gasteiger partial charge on any atom is -0.445 e. The van der Waals surface area contributed by atoms with E-state index in [1.165, 1.54) is 4.90 Å². The van der Waals surface area contributed by atoms with Gasteiger partial charge < -0.3 is 20.3 Å². The molecule has 0 radical (unpaired) electrons. The molecule has 2 aromatic carbocycles. The first-order valence-corrected chi connectivity index (χ1v) is 10.4. The van der Waals surface area contributed by atoms with Crippen molar-refractivity contribution in [3.63, 3.8) is 0 Å². The number of nitrogens with zero attached hydrogens (tertiary/aromatic N) is 1. The largest absolute Gasteiger partial charge is 0.445 e. The van der Waals surface area contributed by atoms with Gasteiger partial charge in [0.15, 0.2) is 0 Å². The summed E-state index contributed by atoms with van der Waals surface area (Å²) < 4.78 is 5.29. The zero-order chi connectivity index (χ0) is 22.6. The van der Waals surface area contributed by atoms with Crippen molar-refractivity contribution < 1.29 is 23.9 Å². The summed E-state index contributed by atoms with van der Waals surface area (Å²) in [4.78, 5) is 51.0. The van der Waals surface area contributed by atoms with Gasteiger partial charge >= 0.3 is 12.1 Å². The number of imide groups is 1. The van der Waals surface area contributed by atoms with Gasteiger partial charge in [-0.2, -0.15) is 0 Å². The number of nitrogens with one attached hydrogen (secondary N) is 3. The molecular formula is C23H24N4O5. The molecule has 2 heterocycles. The van der Waals surface area contributed by atoms with Gasteiger partial charge in [0.05, 0.1) is 6.54 Å². The van der Waals surface area contributed by atoms with E-state index >= 15 is 0 Å². The maximum atomic E-state index is 13.3.